The molecule has 0 spiro atoms. The molecule has 0 bridgehead atoms. The largest absolute Gasteiger partial charge is 0.294 e. The minimum absolute atomic E-state index is 0.0810. The van der Waals surface area contributed by atoms with Crippen LogP contribution in [0.1, 0.15) is 0 Å². The number of halogens is 5. The van der Waals surface area contributed by atoms with Crippen LogP contribution in [-0.4, -0.2) is 11.7 Å². The van der Waals surface area contributed by atoms with Gasteiger partial charge in [0.15, 0.2) is 7.93 Å². The minimum Gasteiger partial charge on any atom is -0.294 e. The Balaban J connectivity index is 4.06. The summed E-state index contributed by atoms with van der Waals surface area (Å²) in [4.78, 5) is 10.9. The molecule has 9 heavy (non-hydrogen) atoms. The Morgan fingerprint density at radius 3 is 1.56 bits per heavy atom. The molecular formula is C3HBr5O. The maximum atomic E-state index is 10.9. The Kier molecular flexibility index (Phi) is 5.15. The highest BCUT2D eigenvalue weighted by Gasteiger charge is 2.32. The lowest BCUT2D eigenvalue weighted by Crippen LogP contribution is -2.22. The van der Waals surface area contributed by atoms with E-state index in [1.165, 1.54) is 0 Å². The Hall–Kier alpha value is 2.07. The molecule has 0 aromatic rings. The molecular weight excluding hydrogens is 452 g/mol. The van der Waals surface area contributed by atoms with Gasteiger partial charge >= 0.3 is 0 Å². The van der Waals surface area contributed by atoms with Gasteiger partial charge in [0, 0.05) is 0 Å². The maximum absolute atomic E-state index is 10.9. The molecule has 0 aliphatic rings. The molecule has 54 valence electrons. The smallest absolute Gasteiger partial charge is 0.195 e. The van der Waals surface area contributed by atoms with E-state index in [4.69, 9.17) is 0 Å². The van der Waals surface area contributed by atoms with Gasteiger partial charge in [-0.15, -0.1) is 0 Å². The van der Waals surface area contributed by atoms with Crippen molar-refractivity contribution in [3.05, 3.63) is 0 Å². The van der Waals surface area contributed by atoms with Crippen LogP contribution in [0.5, 0.6) is 0 Å². The van der Waals surface area contributed by atoms with Gasteiger partial charge in [-0.25, -0.2) is 0 Å². The van der Waals surface area contributed by atoms with Crippen LogP contribution in [0.2, 0.25) is 0 Å². The third kappa shape index (κ3) is 4.50. The molecule has 0 unspecified atom stereocenters. The molecule has 0 aliphatic carbocycles. The lowest BCUT2D eigenvalue weighted by atomic mass is 10.5. The second-order valence-corrected chi connectivity index (χ2v) is 11.0. The van der Waals surface area contributed by atoms with E-state index in [0.717, 1.165) is 0 Å². The summed E-state index contributed by atoms with van der Waals surface area (Å²) in [5, 5.41) is 0. The maximum Gasteiger partial charge on any atom is 0.195 e. The van der Waals surface area contributed by atoms with Crippen molar-refractivity contribution >= 4 is 85.4 Å². The average Bonchev–Trinajstić information content (AvgIpc) is 1.62. The van der Waals surface area contributed by atoms with Crippen LogP contribution in [0.4, 0.5) is 0 Å². The first-order chi connectivity index (χ1) is 3.85. The van der Waals surface area contributed by atoms with E-state index in [0.29, 0.717) is 0 Å². The lowest BCUT2D eigenvalue weighted by Gasteiger charge is -2.10. The molecule has 6 heteroatoms. The van der Waals surface area contributed by atoms with Gasteiger partial charge in [-0.1, -0.05) is 79.6 Å². The molecule has 0 saturated heterocycles. The molecule has 0 fully saturated rings. The number of hydrogen-bond acceptors (Lipinski definition) is 1. The van der Waals surface area contributed by atoms with Crippen LogP contribution in [-0.2, 0) is 4.79 Å². The van der Waals surface area contributed by atoms with E-state index in [9.17, 15) is 4.79 Å². The van der Waals surface area contributed by atoms with Crippen LogP contribution in [0.25, 0.3) is 0 Å². The SMILES string of the molecule is O=C(C(Br)Br)C(Br)(Br)Br. The third-order valence-corrected chi connectivity index (χ3v) is 2.48. The van der Waals surface area contributed by atoms with Gasteiger partial charge in [0.25, 0.3) is 0 Å². The van der Waals surface area contributed by atoms with Crippen LogP contribution in [0, 0.1) is 0 Å². The average molecular weight is 453 g/mol. The van der Waals surface area contributed by atoms with Gasteiger partial charge in [-0.2, -0.15) is 0 Å². The van der Waals surface area contributed by atoms with Gasteiger partial charge in [0.2, 0.25) is 0 Å². The molecule has 0 radical (unpaired) electrons. The summed E-state index contributed by atoms with van der Waals surface area (Å²) >= 11 is 15.3. The molecule has 0 N–H and O–H groups in total. The van der Waals surface area contributed by atoms with Crippen LogP contribution in [0.15, 0.2) is 0 Å². The quantitative estimate of drug-likeness (QED) is 0.557. The Labute approximate surface area is 95.0 Å². The minimum atomic E-state index is -0.815. The number of ketones is 1. The number of Topliss-reactive ketones (excluding diaryl/α,β-unsaturated/α-hetero) is 1. The van der Waals surface area contributed by atoms with E-state index >= 15 is 0 Å². The van der Waals surface area contributed by atoms with E-state index in [2.05, 4.69) is 79.6 Å². The topological polar surface area (TPSA) is 17.1 Å². The van der Waals surface area contributed by atoms with Crippen molar-refractivity contribution in [2.24, 2.45) is 0 Å². The van der Waals surface area contributed by atoms with Gasteiger partial charge < -0.3 is 0 Å². The molecule has 0 aromatic heterocycles. The highest BCUT2D eigenvalue weighted by atomic mass is 80.0. The molecule has 0 amide bonds. The van der Waals surface area contributed by atoms with Gasteiger partial charge in [-0.05, 0) is 0 Å². The summed E-state index contributed by atoms with van der Waals surface area (Å²) in [7, 11) is 0. The first-order valence-corrected chi connectivity index (χ1v) is 5.96. The van der Waals surface area contributed by atoms with Gasteiger partial charge in [0.1, 0.15) is 3.74 Å². The van der Waals surface area contributed by atoms with Crippen LogP contribution < -0.4 is 0 Å². The summed E-state index contributed by atoms with van der Waals surface area (Å²) < 4.78 is -1.16. The van der Waals surface area contributed by atoms with Crippen molar-refractivity contribution < 1.29 is 4.79 Å². The summed E-state index contributed by atoms with van der Waals surface area (Å²) in [5.74, 6) is -0.0810. The van der Waals surface area contributed by atoms with Gasteiger partial charge in [0.05, 0.1) is 0 Å². The zero-order valence-electron chi connectivity index (χ0n) is 3.88. The first-order valence-electron chi connectivity index (χ1n) is 1.75. The van der Waals surface area contributed by atoms with Crippen LogP contribution in [0.3, 0.4) is 0 Å². The third-order valence-electron chi connectivity index (χ3n) is 0.478. The zero-order valence-corrected chi connectivity index (χ0v) is 11.8. The fourth-order valence-corrected chi connectivity index (χ4v) is 3.34. The Morgan fingerprint density at radius 1 is 1.22 bits per heavy atom. The standard InChI is InChI=1S/C3HBr5O/c4-2(5)1(9)3(6,7)8/h2H. The summed E-state index contributed by atoms with van der Waals surface area (Å²) in [6.45, 7) is 0. The van der Waals surface area contributed by atoms with E-state index in [1.54, 1.807) is 0 Å². The highest BCUT2D eigenvalue weighted by Crippen LogP contribution is 2.37. The normalized spacial score (nSPS) is 12.2. The van der Waals surface area contributed by atoms with Crippen molar-refractivity contribution in [1.82, 2.24) is 0 Å². The van der Waals surface area contributed by atoms with Crippen molar-refractivity contribution in [2.75, 3.05) is 0 Å². The lowest BCUT2D eigenvalue weighted by molar-refractivity contribution is -0.115. The van der Waals surface area contributed by atoms with Crippen LogP contribution >= 0.6 is 79.6 Å². The molecule has 0 rings (SSSR count). The monoisotopic (exact) mass is 448 g/mol. The summed E-state index contributed by atoms with van der Waals surface area (Å²) in [6.07, 6.45) is 0. The summed E-state index contributed by atoms with van der Waals surface area (Å²) in [5.41, 5.74) is 0. The fraction of sp³-hybridized carbons (Fsp3) is 0.667. The fourth-order valence-electron chi connectivity index (χ4n) is 0.124. The van der Waals surface area contributed by atoms with Crippen molar-refractivity contribution in [1.29, 1.82) is 0 Å². The predicted molar refractivity (Wildman–Crippen MR) is 56.2 cm³/mol. The summed E-state index contributed by atoms with van der Waals surface area (Å²) in [6, 6.07) is 0. The number of carbonyl (C=O) groups is 1. The van der Waals surface area contributed by atoms with E-state index in [1.807, 2.05) is 0 Å². The Morgan fingerprint density at radius 2 is 1.56 bits per heavy atom. The molecule has 1 nitrogen and oxygen atoms in total. The molecule has 0 atom stereocenters. The van der Waals surface area contributed by atoms with E-state index < -0.39 is 2.14 Å². The molecule has 0 heterocycles. The van der Waals surface area contributed by atoms with Crippen molar-refractivity contribution in [2.45, 2.75) is 5.88 Å². The van der Waals surface area contributed by atoms with Crippen molar-refractivity contribution in [3.63, 3.8) is 0 Å². The molecule has 0 saturated carbocycles. The second kappa shape index (κ2) is 4.18. The second-order valence-electron chi connectivity index (χ2n) is 1.16. The Bertz CT molecular complexity index is 114. The first kappa shape index (κ1) is 11.1. The molecule has 0 aliphatic heterocycles. The highest BCUT2D eigenvalue weighted by molar-refractivity contribution is 9.40. The number of hydrogen-bond donors (Lipinski definition) is 0. The number of alkyl halides is 5. The predicted octanol–water partition coefficient (Wildman–Crippen LogP) is 3.51. The van der Waals surface area contributed by atoms with E-state index in [-0.39, 0.29) is 9.52 Å². The number of carbonyl (C=O) groups excluding carboxylic acids is 1. The number of rotatable bonds is 1. The zero-order chi connectivity index (χ0) is 7.65. The van der Waals surface area contributed by atoms with Crippen molar-refractivity contribution in [3.8, 4) is 0 Å². The molecule has 0 aromatic carbocycles. The van der Waals surface area contributed by atoms with Gasteiger partial charge in [-0.3, -0.25) is 4.79 Å².